The van der Waals surface area contributed by atoms with E-state index in [9.17, 15) is 0 Å². The third kappa shape index (κ3) is 2.93. The van der Waals surface area contributed by atoms with Gasteiger partial charge in [0.05, 0.1) is 28.6 Å². The van der Waals surface area contributed by atoms with Crippen molar-refractivity contribution in [1.82, 2.24) is 9.97 Å². The Morgan fingerprint density at radius 2 is 2.10 bits per heavy atom. The molecule has 5 heteroatoms. The number of rotatable bonds is 4. The second kappa shape index (κ2) is 5.79. The Bertz CT molecular complexity index is 558. The molecule has 1 saturated heterocycles. The summed E-state index contributed by atoms with van der Waals surface area (Å²) in [6.45, 7) is 6.43. The van der Waals surface area contributed by atoms with Crippen molar-refractivity contribution in [3.63, 3.8) is 0 Å². The Balaban J connectivity index is 1.65. The molecule has 0 spiro atoms. The first-order valence-electron chi connectivity index (χ1n) is 7.12. The Morgan fingerprint density at radius 3 is 2.70 bits per heavy atom. The van der Waals surface area contributed by atoms with Crippen LogP contribution >= 0.6 is 11.3 Å². The highest BCUT2D eigenvalue weighted by atomic mass is 32.1. The van der Waals surface area contributed by atoms with Gasteiger partial charge in [-0.3, -0.25) is 0 Å². The molecule has 2 aromatic rings. The zero-order valence-corrected chi connectivity index (χ0v) is 12.8. The van der Waals surface area contributed by atoms with E-state index in [-0.39, 0.29) is 6.04 Å². The minimum Gasteiger partial charge on any atom is -0.376 e. The quantitative estimate of drug-likeness (QED) is 0.933. The van der Waals surface area contributed by atoms with E-state index in [1.54, 1.807) is 11.3 Å². The van der Waals surface area contributed by atoms with Crippen LogP contribution in [0.5, 0.6) is 0 Å². The Morgan fingerprint density at radius 1 is 1.30 bits per heavy atom. The third-order valence-electron chi connectivity index (χ3n) is 3.64. The lowest BCUT2D eigenvalue weighted by atomic mass is 10.2. The summed E-state index contributed by atoms with van der Waals surface area (Å²) in [6.07, 6.45) is 4.48. The van der Waals surface area contributed by atoms with Gasteiger partial charge in [-0.1, -0.05) is 0 Å². The van der Waals surface area contributed by atoms with Crippen LogP contribution in [-0.4, -0.2) is 23.1 Å². The summed E-state index contributed by atoms with van der Waals surface area (Å²) >= 11 is 1.69. The number of anilines is 2. The van der Waals surface area contributed by atoms with E-state index in [0.29, 0.717) is 0 Å². The zero-order valence-electron chi connectivity index (χ0n) is 12.0. The predicted molar refractivity (Wildman–Crippen MR) is 84.6 cm³/mol. The molecule has 1 N–H and O–H groups in total. The predicted octanol–water partition coefficient (Wildman–Crippen LogP) is 3.62. The van der Waals surface area contributed by atoms with Gasteiger partial charge in [0.1, 0.15) is 5.82 Å². The lowest BCUT2D eigenvalue weighted by Crippen LogP contribution is -2.18. The van der Waals surface area contributed by atoms with Gasteiger partial charge in [0.2, 0.25) is 0 Å². The molecule has 0 amide bonds. The van der Waals surface area contributed by atoms with Crippen LogP contribution in [0.25, 0.3) is 0 Å². The smallest absolute Gasteiger partial charge is 0.128 e. The van der Waals surface area contributed by atoms with Crippen LogP contribution in [0.15, 0.2) is 23.7 Å². The minimum absolute atomic E-state index is 0.208. The number of hydrogen-bond donors (Lipinski definition) is 1. The van der Waals surface area contributed by atoms with Crippen LogP contribution < -0.4 is 10.2 Å². The molecule has 0 radical (unpaired) electrons. The van der Waals surface area contributed by atoms with E-state index in [4.69, 9.17) is 0 Å². The molecule has 2 aromatic heterocycles. The van der Waals surface area contributed by atoms with Crippen molar-refractivity contribution in [3.05, 3.63) is 34.4 Å². The van der Waals surface area contributed by atoms with Crippen molar-refractivity contribution in [2.45, 2.75) is 32.7 Å². The second-order valence-electron chi connectivity index (χ2n) is 5.26. The molecule has 106 valence electrons. The molecule has 1 aliphatic heterocycles. The van der Waals surface area contributed by atoms with Gasteiger partial charge >= 0.3 is 0 Å². The zero-order chi connectivity index (χ0) is 13.9. The van der Waals surface area contributed by atoms with Crippen LogP contribution in [0.1, 0.15) is 36.5 Å². The maximum atomic E-state index is 4.56. The van der Waals surface area contributed by atoms with Gasteiger partial charge in [-0.25, -0.2) is 9.97 Å². The fourth-order valence-electron chi connectivity index (χ4n) is 2.51. The van der Waals surface area contributed by atoms with Crippen molar-refractivity contribution < 1.29 is 0 Å². The Kier molecular flexibility index (Phi) is 3.87. The third-order valence-corrected chi connectivity index (χ3v) is 4.43. The molecule has 0 aromatic carbocycles. The van der Waals surface area contributed by atoms with Crippen LogP contribution in [0.2, 0.25) is 0 Å². The summed E-state index contributed by atoms with van der Waals surface area (Å²) < 4.78 is 0. The van der Waals surface area contributed by atoms with Gasteiger partial charge < -0.3 is 10.2 Å². The molecule has 4 nitrogen and oxygen atoms in total. The molecule has 0 saturated carbocycles. The highest BCUT2D eigenvalue weighted by Gasteiger charge is 2.13. The number of aryl methyl sites for hydroxylation is 1. The monoisotopic (exact) mass is 288 g/mol. The molecule has 1 fully saturated rings. The number of nitrogens with zero attached hydrogens (tertiary/aromatic N) is 3. The van der Waals surface area contributed by atoms with E-state index < -0.39 is 0 Å². The minimum atomic E-state index is 0.208. The molecule has 20 heavy (non-hydrogen) atoms. The summed E-state index contributed by atoms with van der Waals surface area (Å²) in [4.78, 5) is 11.4. The van der Waals surface area contributed by atoms with E-state index in [2.05, 4.69) is 44.6 Å². The fraction of sp³-hybridized carbons (Fsp3) is 0.467. The average Bonchev–Trinajstić information content (AvgIpc) is 3.10. The number of thiazole rings is 1. The average molecular weight is 288 g/mol. The molecule has 1 atom stereocenters. The van der Waals surface area contributed by atoms with Crippen LogP contribution in [0.4, 0.5) is 11.5 Å². The first-order valence-corrected chi connectivity index (χ1v) is 8.00. The van der Waals surface area contributed by atoms with Crippen molar-refractivity contribution in [2.24, 2.45) is 0 Å². The van der Waals surface area contributed by atoms with E-state index in [1.807, 2.05) is 13.1 Å². The highest BCUT2D eigenvalue weighted by molar-refractivity contribution is 7.09. The van der Waals surface area contributed by atoms with Crippen molar-refractivity contribution in [2.75, 3.05) is 23.3 Å². The number of pyridine rings is 1. The molecule has 1 aliphatic rings. The van der Waals surface area contributed by atoms with Crippen molar-refractivity contribution >= 4 is 22.8 Å². The molecular weight excluding hydrogens is 268 g/mol. The number of hydrogen-bond acceptors (Lipinski definition) is 5. The van der Waals surface area contributed by atoms with Crippen LogP contribution in [0, 0.1) is 6.92 Å². The topological polar surface area (TPSA) is 41.1 Å². The lowest BCUT2D eigenvalue weighted by molar-refractivity contribution is 0.843. The summed E-state index contributed by atoms with van der Waals surface area (Å²) in [6, 6.07) is 4.42. The molecule has 3 rings (SSSR count). The molecular formula is C15H20N4S. The highest BCUT2D eigenvalue weighted by Crippen LogP contribution is 2.23. The van der Waals surface area contributed by atoms with Gasteiger partial charge in [0.25, 0.3) is 0 Å². The van der Waals surface area contributed by atoms with E-state index in [0.717, 1.165) is 35.3 Å². The molecule has 1 unspecified atom stereocenters. The maximum Gasteiger partial charge on any atom is 0.128 e. The Labute approximate surface area is 123 Å². The summed E-state index contributed by atoms with van der Waals surface area (Å²) in [5.41, 5.74) is 2.14. The van der Waals surface area contributed by atoms with E-state index in [1.165, 1.54) is 12.8 Å². The van der Waals surface area contributed by atoms with Gasteiger partial charge in [0, 0.05) is 18.5 Å². The van der Waals surface area contributed by atoms with Gasteiger partial charge in [-0.2, -0.15) is 0 Å². The number of nitrogens with one attached hydrogen (secondary N) is 1. The fourth-order valence-corrected chi connectivity index (χ4v) is 3.21. The largest absolute Gasteiger partial charge is 0.376 e. The Hall–Kier alpha value is -1.62. The van der Waals surface area contributed by atoms with Gasteiger partial charge in [-0.05, 0) is 38.8 Å². The summed E-state index contributed by atoms with van der Waals surface area (Å²) in [7, 11) is 0. The van der Waals surface area contributed by atoms with Crippen molar-refractivity contribution in [1.29, 1.82) is 0 Å². The molecule has 3 heterocycles. The van der Waals surface area contributed by atoms with E-state index >= 15 is 0 Å². The lowest BCUT2D eigenvalue weighted by Gasteiger charge is -2.17. The van der Waals surface area contributed by atoms with Crippen molar-refractivity contribution in [3.8, 4) is 0 Å². The van der Waals surface area contributed by atoms with Gasteiger partial charge in [0.15, 0.2) is 0 Å². The summed E-state index contributed by atoms with van der Waals surface area (Å²) in [5.74, 6) is 1.09. The molecule has 0 aliphatic carbocycles. The first-order chi connectivity index (χ1) is 9.72. The standard InChI is InChI=1S/C15H20N4S/c1-11(14-10-20-12(2)18-14)17-13-5-6-15(16-9-13)19-7-3-4-8-19/h5-6,9-11,17H,3-4,7-8H2,1-2H3. The maximum absolute atomic E-state index is 4.56. The molecule has 0 bridgehead atoms. The second-order valence-corrected chi connectivity index (χ2v) is 6.32. The number of aromatic nitrogens is 2. The first kappa shape index (κ1) is 13.4. The van der Waals surface area contributed by atoms with Gasteiger partial charge in [-0.15, -0.1) is 11.3 Å². The van der Waals surface area contributed by atoms with Crippen LogP contribution in [-0.2, 0) is 0 Å². The van der Waals surface area contributed by atoms with Crippen LogP contribution in [0.3, 0.4) is 0 Å². The SMILES string of the molecule is Cc1nc(C(C)Nc2ccc(N3CCCC3)nc2)cs1. The summed E-state index contributed by atoms with van der Waals surface area (Å²) in [5, 5.41) is 6.67. The normalized spacial score (nSPS) is 16.4.